The molecule has 7 nitrogen and oxygen atoms in total. The second kappa shape index (κ2) is 8.79. The first-order valence-corrected chi connectivity index (χ1v) is 11.8. The lowest BCUT2D eigenvalue weighted by atomic mass is 9.90. The fourth-order valence-corrected chi connectivity index (χ4v) is 4.93. The summed E-state index contributed by atoms with van der Waals surface area (Å²) >= 11 is 1.09. The highest BCUT2D eigenvalue weighted by atomic mass is 32.2. The number of hydrogen-bond donors (Lipinski definition) is 3. The molecule has 0 aliphatic heterocycles. The number of nitrogens with zero attached hydrogens (tertiary/aromatic N) is 3. The fourth-order valence-electron chi connectivity index (χ4n) is 2.81. The van der Waals surface area contributed by atoms with Gasteiger partial charge in [-0.1, -0.05) is 27.7 Å². The Hall–Kier alpha value is -1.99. The van der Waals surface area contributed by atoms with Crippen molar-refractivity contribution in [1.29, 1.82) is 5.26 Å². The third kappa shape index (κ3) is 5.54. The molecule has 0 fully saturated rings. The van der Waals surface area contributed by atoms with Gasteiger partial charge >= 0.3 is 0 Å². The average Bonchev–Trinajstić information content (AvgIpc) is 3.12. The van der Waals surface area contributed by atoms with Gasteiger partial charge in [0.1, 0.15) is 6.67 Å². The van der Waals surface area contributed by atoms with Gasteiger partial charge in [-0.2, -0.15) is 9.62 Å². The SMILES string of the molecule is CC(C)c1cc(C#N)cc(C(C)C)c1NCN=S(N)(=O)c1ncc(C(C)(C)O)s1. The standard InChI is InChI=1S/C20H29N5O2S2/c1-12(2)15-7-14(9-21)8-16(13(3)4)18(15)24-11-25-29(22,27)19-23-10-17(28-19)20(5,6)26/h7-8,10,12-13,24,26H,11H2,1-6H3,(H2,22,25,27). The monoisotopic (exact) mass is 435 g/mol. The zero-order chi connectivity index (χ0) is 22.0. The molecule has 0 saturated carbocycles. The van der Waals surface area contributed by atoms with Gasteiger partial charge in [-0.3, -0.25) is 0 Å². The minimum Gasteiger partial charge on any atom is -0.385 e. The van der Waals surface area contributed by atoms with E-state index in [1.165, 1.54) is 6.20 Å². The molecule has 2 aromatic rings. The maximum atomic E-state index is 12.9. The van der Waals surface area contributed by atoms with E-state index in [0.29, 0.717) is 10.4 Å². The Bertz CT molecular complexity index is 1010. The number of rotatable bonds is 7. The second-order valence-electron chi connectivity index (χ2n) is 8.03. The summed E-state index contributed by atoms with van der Waals surface area (Å²) in [6.07, 6.45) is 1.48. The van der Waals surface area contributed by atoms with Crippen molar-refractivity contribution in [3.63, 3.8) is 0 Å². The van der Waals surface area contributed by atoms with E-state index in [9.17, 15) is 14.6 Å². The van der Waals surface area contributed by atoms with E-state index in [2.05, 4.69) is 48.4 Å². The summed E-state index contributed by atoms with van der Waals surface area (Å²) < 4.78 is 17.2. The Balaban J connectivity index is 2.37. The van der Waals surface area contributed by atoms with E-state index in [1.807, 2.05) is 12.1 Å². The van der Waals surface area contributed by atoms with Gasteiger partial charge in [0.2, 0.25) is 4.34 Å². The molecular weight excluding hydrogens is 406 g/mol. The molecule has 158 valence electrons. The third-order valence-corrected chi connectivity index (χ3v) is 7.61. The quantitative estimate of drug-likeness (QED) is 0.599. The maximum Gasteiger partial charge on any atom is 0.204 e. The molecular formula is C20H29N5O2S2. The molecule has 1 unspecified atom stereocenters. The molecule has 9 heteroatoms. The number of nitrogens with two attached hydrogens (primary N) is 1. The van der Waals surface area contributed by atoms with E-state index in [0.717, 1.165) is 28.2 Å². The van der Waals surface area contributed by atoms with Crippen molar-refractivity contribution in [2.75, 3.05) is 12.0 Å². The highest BCUT2D eigenvalue weighted by molar-refractivity contribution is 7.93. The molecule has 29 heavy (non-hydrogen) atoms. The molecule has 1 heterocycles. The average molecular weight is 436 g/mol. The summed E-state index contributed by atoms with van der Waals surface area (Å²) in [5.41, 5.74) is 2.44. The first kappa shape index (κ1) is 23.3. The lowest BCUT2D eigenvalue weighted by Crippen LogP contribution is -2.16. The van der Waals surface area contributed by atoms with Crippen LogP contribution in [0.3, 0.4) is 0 Å². The van der Waals surface area contributed by atoms with Crippen molar-refractivity contribution < 1.29 is 9.32 Å². The Morgan fingerprint density at radius 3 is 2.28 bits per heavy atom. The summed E-state index contributed by atoms with van der Waals surface area (Å²) in [6, 6.07) is 5.96. The van der Waals surface area contributed by atoms with E-state index in [-0.39, 0.29) is 22.8 Å². The largest absolute Gasteiger partial charge is 0.385 e. The van der Waals surface area contributed by atoms with Gasteiger partial charge in [-0.05, 0) is 48.9 Å². The summed E-state index contributed by atoms with van der Waals surface area (Å²) in [7, 11) is -3.19. The third-order valence-electron chi connectivity index (χ3n) is 4.42. The number of anilines is 1. The van der Waals surface area contributed by atoms with Crippen LogP contribution >= 0.6 is 11.3 Å². The molecule has 1 aromatic heterocycles. The van der Waals surface area contributed by atoms with Crippen molar-refractivity contribution in [3.05, 3.63) is 39.9 Å². The smallest absolute Gasteiger partial charge is 0.204 e. The van der Waals surface area contributed by atoms with Crippen molar-refractivity contribution in [3.8, 4) is 6.07 Å². The van der Waals surface area contributed by atoms with Crippen LogP contribution in [0.1, 0.15) is 74.9 Å². The number of nitrogens with one attached hydrogen (secondary N) is 1. The Labute approximate surface area is 177 Å². The Morgan fingerprint density at radius 1 is 1.31 bits per heavy atom. The Morgan fingerprint density at radius 2 is 1.86 bits per heavy atom. The van der Waals surface area contributed by atoms with Crippen LogP contribution in [0.15, 0.2) is 27.0 Å². The van der Waals surface area contributed by atoms with Gasteiger partial charge in [0, 0.05) is 11.9 Å². The first-order valence-electron chi connectivity index (χ1n) is 9.38. The van der Waals surface area contributed by atoms with Crippen LogP contribution in [-0.2, 0) is 15.5 Å². The normalized spacial score (nSPS) is 14.0. The number of aliphatic hydroxyl groups is 1. The predicted molar refractivity (Wildman–Crippen MR) is 118 cm³/mol. The van der Waals surface area contributed by atoms with Crippen LogP contribution in [0.4, 0.5) is 5.69 Å². The summed E-state index contributed by atoms with van der Waals surface area (Å²) in [6.45, 7) is 11.5. The number of nitriles is 1. The van der Waals surface area contributed by atoms with Crippen molar-refractivity contribution in [2.24, 2.45) is 9.50 Å². The minimum atomic E-state index is -3.19. The van der Waals surface area contributed by atoms with Crippen molar-refractivity contribution in [2.45, 2.75) is 63.3 Å². The molecule has 0 spiro atoms. The van der Waals surface area contributed by atoms with E-state index in [4.69, 9.17) is 5.14 Å². The molecule has 0 aliphatic carbocycles. The highest BCUT2D eigenvalue weighted by Gasteiger charge is 2.22. The first-order chi connectivity index (χ1) is 13.4. The lowest BCUT2D eigenvalue weighted by Gasteiger charge is -2.21. The zero-order valence-corrected chi connectivity index (χ0v) is 19.3. The van der Waals surface area contributed by atoms with Crippen LogP contribution < -0.4 is 10.5 Å². The van der Waals surface area contributed by atoms with Gasteiger partial charge in [0.25, 0.3) is 0 Å². The van der Waals surface area contributed by atoms with Gasteiger partial charge < -0.3 is 10.4 Å². The van der Waals surface area contributed by atoms with Gasteiger partial charge in [-0.15, -0.1) is 11.3 Å². The molecule has 0 aliphatic rings. The highest BCUT2D eigenvalue weighted by Crippen LogP contribution is 2.34. The topological polar surface area (TPSA) is 124 Å². The summed E-state index contributed by atoms with van der Waals surface area (Å²) in [5.74, 6) is 0.387. The van der Waals surface area contributed by atoms with Gasteiger partial charge in [0.05, 0.1) is 22.1 Å². The predicted octanol–water partition coefficient (Wildman–Crippen LogP) is 4.26. The number of thiazole rings is 1. The molecule has 4 N–H and O–H groups in total. The lowest BCUT2D eigenvalue weighted by molar-refractivity contribution is 0.0823. The Kier molecular flexibility index (Phi) is 7.06. The second-order valence-corrected chi connectivity index (χ2v) is 11.1. The molecule has 0 amide bonds. The van der Waals surface area contributed by atoms with Crippen molar-refractivity contribution in [1.82, 2.24) is 4.98 Å². The van der Waals surface area contributed by atoms with Crippen LogP contribution in [0.5, 0.6) is 0 Å². The van der Waals surface area contributed by atoms with Gasteiger partial charge in [-0.25, -0.2) is 14.3 Å². The maximum absolute atomic E-state index is 12.9. The molecule has 0 saturated heterocycles. The van der Waals surface area contributed by atoms with E-state index < -0.39 is 15.5 Å². The minimum absolute atomic E-state index is 0.0398. The van der Waals surface area contributed by atoms with E-state index in [1.54, 1.807) is 13.8 Å². The summed E-state index contributed by atoms with van der Waals surface area (Å²) in [4.78, 5) is 4.67. The fraction of sp³-hybridized carbons (Fsp3) is 0.500. The van der Waals surface area contributed by atoms with Crippen LogP contribution in [0.25, 0.3) is 0 Å². The molecule has 2 rings (SSSR count). The van der Waals surface area contributed by atoms with E-state index >= 15 is 0 Å². The molecule has 1 aromatic carbocycles. The zero-order valence-electron chi connectivity index (χ0n) is 17.7. The van der Waals surface area contributed by atoms with Crippen LogP contribution in [0, 0.1) is 11.3 Å². The summed E-state index contributed by atoms with van der Waals surface area (Å²) in [5, 5.41) is 28.6. The van der Waals surface area contributed by atoms with Crippen LogP contribution in [0.2, 0.25) is 0 Å². The molecule has 1 atom stereocenters. The van der Waals surface area contributed by atoms with Crippen molar-refractivity contribution >= 4 is 26.9 Å². The number of aromatic nitrogens is 1. The number of hydrogen-bond acceptors (Lipinski definition) is 7. The number of benzene rings is 1. The molecule has 0 bridgehead atoms. The van der Waals surface area contributed by atoms with Gasteiger partial charge in [0.15, 0.2) is 9.92 Å². The van der Waals surface area contributed by atoms with Crippen LogP contribution in [-0.4, -0.2) is 21.0 Å². The molecule has 0 radical (unpaired) electrons.